The zero-order valence-corrected chi connectivity index (χ0v) is 15.3. The molecule has 0 spiro atoms. The third-order valence-electron chi connectivity index (χ3n) is 3.87. The summed E-state index contributed by atoms with van der Waals surface area (Å²) in [6, 6.07) is 7.66. The molecule has 1 aromatic carbocycles. The van der Waals surface area contributed by atoms with Crippen LogP contribution in [-0.4, -0.2) is 64.2 Å². The van der Waals surface area contributed by atoms with E-state index in [1.165, 1.54) is 4.90 Å². The monoisotopic (exact) mass is 363 g/mol. The van der Waals surface area contributed by atoms with Crippen LogP contribution in [-0.2, 0) is 16.1 Å². The second-order valence-electron chi connectivity index (χ2n) is 7.21. The van der Waals surface area contributed by atoms with Gasteiger partial charge < -0.3 is 20.1 Å². The lowest BCUT2D eigenvalue weighted by atomic mass is 10.1. The van der Waals surface area contributed by atoms with E-state index in [9.17, 15) is 19.5 Å². The van der Waals surface area contributed by atoms with E-state index in [2.05, 4.69) is 5.32 Å². The van der Waals surface area contributed by atoms with Crippen LogP contribution in [0.3, 0.4) is 0 Å². The van der Waals surface area contributed by atoms with Crippen LogP contribution in [0.15, 0.2) is 30.3 Å². The first-order valence-corrected chi connectivity index (χ1v) is 8.44. The molecule has 0 radical (unpaired) electrons. The summed E-state index contributed by atoms with van der Waals surface area (Å²) in [7, 11) is 0. The Morgan fingerprint density at radius 1 is 1.19 bits per heavy atom. The summed E-state index contributed by atoms with van der Waals surface area (Å²) in [4.78, 5) is 38.7. The van der Waals surface area contributed by atoms with Crippen LogP contribution in [0, 0.1) is 0 Å². The van der Waals surface area contributed by atoms with Gasteiger partial charge in [-0.15, -0.1) is 0 Å². The number of nitrogens with zero attached hydrogens (tertiary/aromatic N) is 2. The minimum atomic E-state index is -1.17. The number of ether oxygens (including phenoxy) is 1. The topological polar surface area (TPSA) is 99.2 Å². The molecule has 1 heterocycles. The molecule has 26 heavy (non-hydrogen) atoms. The molecule has 2 rings (SSSR count). The molecular formula is C18H25N3O5. The molecule has 3 amide bonds. The number of benzene rings is 1. The van der Waals surface area contributed by atoms with E-state index in [4.69, 9.17) is 4.74 Å². The van der Waals surface area contributed by atoms with E-state index in [0.717, 1.165) is 10.5 Å². The van der Waals surface area contributed by atoms with Crippen LogP contribution < -0.4 is 5.32 Å². The van der Waals surface area contributed by atoms with Gasteiger partial charge >= 0.3 is 18.1 Å². The summed E-state index contributed by atoms with van der Waals surface area (Å²) in [6.45, 7) is 5.85. The Morgan fingerprint density at radius 3 is 2.42 bits per heavy atom. The van der Waals surface area contributed by atoms with Gasteiger partial charge in [0.1, 0.15) is 6.61 Å². The molecule has 8 heteroatoms. The van der Waals surface area contributed by atoms with Crippen LogP contribution in [0.25, 0.3) is 0 Å². The number of amides is 3. The Labute approximate surface area is 152 Å². The predicted octanol–water partition coefficient (Wildman–Crippen LogP) is 1.90. The molecule has 0 bridgehead atoms. The Hall–Kier alpha value is -2.77. The van der Waals surface area contributed by atoms with Gasteiger partial charge in [0, 0.05) is 18.6 Å². The number of carboxylic acids is 1. The van der Waals surface area contributed by atoms with Crippen molar-refractivity contribution in [3.8, 4) is 0 Å². The fourth-order valence-corrected chi connectivity index (χ4v) is 2.60. The predicted molar refractivity (Wildman–Crippen MR) is 94.6 cm³/mol. The van der Waals surface area contributed by atoms with Crippen LogP contribution in [0.2, 0.25) is 0 Å². The van der Waals surface area contributed by atoms with Gasteiger partial charge in [-0.1, -0.05) is 30.3 Å². The lowest BCUT2D eigenvalue weighted by Gasteiger charge is -2.39. The van der Waals surface area contributed by atoms with Crippen LogP contribution >= 0.6 is 0 Å². The zero-order chi connectivity index (χ0) is 19.3. The molecular weight excluding hydrogens is 338 g/mol. The third kappa shape index (κ3) is 5.37. The second-order valence-corrected chi connectivity index (χ2v) is 7.21. The van der Waals surface area contributed by atoms with Gasteiger partial charge in [0.15, 0.2) is 6.04 Å². The van der Waals surface area contributed by atoms with Gasteiger partial charge in [0.25, 0.3) is 0 Å². The van der Waals surface area contributed by atoms with Gasteiger partial charge in [0.2, 0.25) is 0 Å². The number of hydrogen-bond acceptors (Lipinski definition) is 4. The SMILES string of the molecule is CC(C)(C)NC(=O)N1CCN(C(=O)OCc2ccccc2)C(C(=O)O)C1. The highest BCUT2D eigenvalue weighted by Gasteiger charge is 2.38. The lowest BCUT2D eigenvalue weighted by Crippen LogP contribution is -2.62. The molecule has 1 aliphatic heterocycles. The molecule has 142 valence electrons. The van der Waals surface area contributed by atoms with Gasteiger partial charge in [-0.3, -0.25) is 4.90 Å². The van der Waals surface area contributed by atoms with Gasteiger partial charge in [-0.05, 0) is 26.3 Å². The summed E-state index contributed by atoms with van der Waals surface area (Å²) in [5.41, 5.74) is 0.387. The first-order valence-electron chi connectivity index (χ1n) is 8.44. The van der Waals surface area contributed by atoms with E-state index in [1.54, 1.807) is 0 Å². The lowest BCUT2D eigenvalue weighted by molar-refractivity contribution is -0.144. The van der Waals surface area contributed by atoms with Crippen molar-refractivity contribution in [3.05, 3.63) is 35.9 Å². The quantitative estimate of drug-likeness (QED) is 0.854. The Bertz CT molecular complexity index is 657. The number of carbonyl (C=O) groups is 3. The maximum absolute atomic E-state index is 12.3. The number of carbonyl (C=O) groups excluding carboxylic acids is 2. The molecule has 1 fully saturated rings. The van der Waals surface area contributed by atoms with Crippen LogP contribution in [0.1, 0.15) is 26.3 Å². The molecule has 0 aromatic heterocycles. The van der Waals surface area contributed by atoms with E-state index < -0.39 is 23.6 Å². The highest BCUT2D eigenvalue weighted by atomic mass is 16.6. The molecule has 1 saturated heterocycles. The molecule has 1 unspecified atom stereocenters. The van der Waals surface area contributed by atoms with Crippen molar-refractivity contribution in [3.63, 3.8) is 0 Å². The normalized spacial score (nSPS) is 17.6. The third-order valence-corrected chi connectivity index (χ3v) is 3.87. The maximum Gasteiger partial charge on any atom is 0.410 e. The molecule has 2 N–H and O–H groups in total. The van der Waals surface area contributed by atoms with Crippen molar-refractivity contribution < 1.29 is 24.2 Å². The maximum atomic E-state index is 12.3. The number of rotatable bonds is 3. The average molecular weight is 363 g/mol. The fraction of sp³-hybridized carbons (Fsp3) is 0.500. The second kappa shape index (κ2) is 8.07. The summed E-state index contributed by atoms with van der Waals surface area (Å²) in [6.07, 6.45) is -0.697. The van der Waals surface area contributed by atoms with Crippen molar-refractivity contribution in [1.29, 1.82) is 0 Å². The smallest absolute Gasteiger partial charge is 0.410 e. The van der Waals surface area contributed by atoms with E-state index in [-0.39, 0.29) is 32.3 Å². The number of piperazine rings is 1. The number of carboxylic acid groups (broad SMARTS) is 1. The number of nitrogens with one attached hydrogen (secondary N) is 1. The average Bonchev–Trinajstić information content (AvgIpc) is 2.58. The van der Waals surface area contributed by atoms with Gasteiger partial charge in [0.05, 0.1) is 6.54 Å². The van der Waals surface area contributed by atoms with Crippen molar-refractivity contribution in [2.45, 2.75) is 39.0 Å². The molecule has 1 atom stereocenters. The summed E-state index contributed by atoms with van der Waals surface area (Å²) in [5, 5.41) is 12.3. The van der Waals surface area contributed by atoms with Crippen molar-refractivity contribution in [2.24, 2.45) is 0 Å². The molecule has 8 nitrogen and oxygen atoms in total. The highest BCUT2D eigenvalue weighted by Crippen LogP contribution is 2.14. The van der Waals surface area contributed by atoms with Crippen molar-refractivity contribution in [2.75, 3.05) is 19.6 Å². The number of hydrogen-bond donors (Lipinski definition) is 2. The first kappa shape index (κ1) is 19.6. The van der Waals surface area contributed by atoms with Crippen molar-refractivity contribution >= 4 is 18.1 Å². The Kier molecular flexibility index (Phi) is 6.07. The fourth-order valence-electron chi connectivity index (χ4n) is 2.60. The van der Waals surface area contributed by atoms with Crippen LogP contribution in [0.5, 0.6) is 0 Å². The number of aliphatic carboxylic acids is 1. The summed E-state index contributed by atoms with van der Waals surface area (Å²) < 4.78 is 5.23. The summed E-state index contributed by atoms with van der Waals surface area (Å²) >= 11 is 0. The van der Waals surface area contributed by atoms with Crippen LogP contribution in [0.4, 0.5) is 9.59 Å². The minimum Gasteiger partial charge on any atom is -0.480 e. The Morgan fingerprint density at radius 2 is 1.85 bits per heavy atom. The van der Waals surface area contributed by atoms with E-state index in [1.807, 2.05) is 51.1 Å². The molecule has 0 aliphatic carbocycles. The standard InChI is InChI=1S/C18H25N3O5/c1-18(2,3)19-16(24)20-9-10-21(14(11-20)15(22)23)17(25)26-12-13-7-5-4-6-8-13/h4-8,14H,9-12H2,1-3H3,(H,19,24)(H,22,23). The molecule has 1 aromatic rings. The Balaban J connectivity index is 1.98. The van der Waals surface area contributed by atoms with Gasteiger partial charge in [-0.2, -0.15) is 0 Å². The molecule has 0 saturated carbocycles. The zero-order valence-electron chi connectivity index (χ0n) is 15.3. The molecule has 1 aliphatic rings. The van der Waals surface area contributed by atoms with E-state index in [0.29, 0.717) is 0 Å². The van der Waals surface area contributed by atoms with Gasteiger partial charge in [-0.25, -0.2) is 14.4 Å². The van der Waals surface area contributed by atoms with Crippen molar-refractivity contribution in [1.82, 2.24) is 15.1 Å². The largest absolute Gasteiger partial charge is 0.480 e. The number of urea groups is 1. The van der Waals surface area contributed by atoms with E-state index >= 15 is 0 Å². The first-order chi connectivity index (χ1) is 12.2. The minimum absolute atomic E-state index is 0.0662. The summed E-state index contributed by atoms with van der Waals surface area (Å²) in [5.74, 6) is -1.17. The highest BCUT2D eigenvalue weighted by molar-refractivity contribution is 5.82.